The van der Waals surface area contributed by atoms with Crippen LogP contribution in [0.1, 0.15) is 11.1 Å². The summed E-state index contributed by atoms with van der Waals surface area (Å²) in [4.78, 5) is 26.9. The van der Waals surface area contributed by atoms with E-state index in [-0.39, 0.29) is 22.8 Å². The van der Waals surface area contributed by atoms with Crippen LogP contribution in [0.5, 0.6) is 17.2 Å². The number of carbonyl (C=O) groups is 1. The van der Waals surface area contributed by atoms with Crippen molar-refractivity contribution >= 4 is 23.6 Å². The monoisotopic (exact) mass is 384 g/mol. The summed E-state index contributed by atoms with van der Waals surface area (Å²) in [7, 11) is 4.43. The van der Waals surface area contributed by atoms with Gasteiger partial charge < -0.3 is 18.9 Å². The number of carbonyl (C=O) groups excluding carboxylic acids is 1. The minimum Gasteiger partial charge on any atom is -0.497 e. The van der Waals surface area contributed by atoms with Crippen molar-refractivity contribution in [2.75, 3.05) is 21.3 Å². The number of hydrogen-bond acceptors (Lipinski definition) is 8. The molecule has 9 heteroatoms. The fourth-order valence-corrected chi connectivity index (χ4v) is 2.59. The minimum absolute atomic E-state index is 0.0204. The molecule has 3 rings (SSSR count). The molecule has 2 aromatic rings. The summed E-state index contributed by atoms with van der Waals surface area (Å²) in [6.07, 6.45) is 1.50. The topological polar surface area (TPSA) is 109 Å². The Hall–Kier alpha value is -3.88. The number of nitro groups is 1. The van der Waals surface area contributed by atoms with Crippen LogP contribution in [-0.2, 0) is 9.53 Å². The number of cyclic esters (lactones) is 1. The molecular formula is C19H16N2O7. The highest BCUT2D eigenvalue weighted by atomic mass is 16.6. The molecule has 0 fully saturated rings. The zero-order chi connectivity index (χ0) is 20.3. The normalized spacial score (nSPS) is 14.5. The van der Waals surface area contributed by atoms with Crippen molar-refractivity contribution in [2.24, 2.45) is 4.99 Å². The summed E-state index contributed by atoms with van der Waals surface area (Å²) in [5.41, 5.74) is 0.636. The van der Waals surface area contributed by atoms with Gasteiger partial charge in [0.05, 0.1) is 31.8 Å². The molecule has 0 saturated heterocycles. The van der Waals surface area contributed by atoms with Crippen LogP contribution < -0.4 is 14.2 Å². The molecule has 0 atom stereocenters. The van der Waals surface area contributed by atoms with Crippen LogP contribution in [0, 0.1) is 10.1 Å². The Morgan fingerprint density at radius 3 is 2.43 bits per heavy atom. The number of non-ortho nitro benzene ring substituents is 1. The maximum atomic E-state index is 12.3. The Labute approximate surface area is 160 Å². The van der Waals surface area contributed by atoms with Gasteiger partial charge >= 0.3 is 5.97 Å². The highest BCUT2D eigenvalue weighted by Crippen LogP contribution is 2.31. The van der Waals surface area contributed by atoms with Gasteiger partial charge in [-0.3, -0.25) is 10.1 Å². The second-order valence-electron chi connectivity index (χ2n) is 5.59. The SMILES string of the molecule is COc1ccc(C=C2N=C(c3cc([N+](=O)[O-])ccc3OC)OC2=O)c(OC)c1. The molecule has 0 spiro atoms. The number of rotatable bonds is 6. The lowest BCUT2D eigenvalue weighted by atomic mass is 10.1. The average Bonchev–Trinajstić information content (AvgIpc) is 3.07. The third-order valence-corrected chi connectivity index (χ3v) is 3.98. The smallest absolute Gasteiger partial charge is 0.363 e. The van der Waals surface area contributed by atoms with Gasteiger partial charge in [0.1, 0.15) is 17.2 Å². The second-order valence-corrected chi connectivity index (χ2v) is 5.59. The van der Waals surface area contributed by atoms with Crippen LogP contribution in [-0.4, -0.2) is 38.1 Å². The van der Waals surface area contributed by atoms with Crippen LogP contribution in [0.3, 0.4) is 0 Å². The van der Waals surface area contributed by atoms with Gasteiger partial charge in [-0.05, 0) is 24.3 Å². The van der Waals surface area contributed by atoms with Crippen molar-refractivity contribution in [1.82, 2.24) is 0 Å². The molecule has 0 aromatic heterocycles. The molecule has 2 aromatic carbocycles. The lowest BCUT2D eigenvalue weighted by Gasteiger charge is -2.07. The molecule has 144 valence electrons. The number of nitrogens with zero attached hydrogens (tertiary/aromatic N) is 2. The van der Waals surface area contributed by atoms with Gasteiger partial charge in [-0.25, -0.2) is 9.79 Å². The zero-order valence-corrected chi connectivity index (χ0v) is 15.3. The van der Waals surface area contributed by atoms with E-state index in [4.69, 9.17) is 18.9 Å². The Balaban J connectivity index is 2.03. The van der Waals surface area contributed by atoms with Crippen LogP contribution in [0.4, 0.5) is 5.69 Å². The van der Waals surface area contributed by atoms with E-state index in [1.54, 1.807) is 18.2 Å². The fraction of sp³-hybridized carbons (Fsp3) is 0.158. The molecule has 0 radical (unpaired) electrons. The summed E-state index contributed by atoms with van der Waals surface area (Å²) in [6, 6.07) is 9.03. The highest BCUT2D eigenvalue weighted by Gasteiger charge is 2.28. The first-order valence-electron chi connectivity index (χ1n) is 8.04. The van der Waals surface area contributed by atoms with Gasteiger partial charge in [0.15, 0.2) is 5.70 Å². The molecule has 28 heavy (non-hydrogen) atoms. The molecule has 0 aliphatic carbocycles. The first-order valence-corrected chi connectivity index (χ1v) is 8.04. The zero-order valence-electron chi connectivity index (χ0n) is 15.3. The molecule has 9 nitrogen and oxygen atoms in total. The summed E-state index contributed by atoms with van der Waals surface area (Å²) >= 11 is 0. The van der Waals surface area contributed by atoms with E-state index in [1.807, 2.05) is 0 Å². The number of esters is 1. The van der Waals surface area contributed by atoms with Crippen LogP contribution in [0.2, 0.25) is 0 Å². The van der Waals surface area contributed by atoms with Gasteiger partial charge in [-0.2, -0.15) is 0 Å². The van der Waals surface area contributed by atoms with E-state index < -0.39 is 10.9 Å². The van der Waals surface area contributed by atoms with Crippen molar-refractivity contribution in [1.29, 1.82) is 0 Å². The van der Waals surface area contributed by atoms with E-state index in [2.05, 4.69) is 4.99 Å². The molecule has 0 amide bonds. The molecule has 0 bridgehead atoms. The van der Waals surface area contributed by atoms with Gasteiger partial charge in [-0.15, -0.1) is 0 Å². The minimum atomic E-state index is -0.693. The first-order chi connectivity index (χ1) is 13.5. The standard InChI is InChI=1S/C19H16N2O7/c1-25-13-6-4-11(17(10-13)27-3)8-15-19(22)28-18(20-15)14-9-12(21(23)24)5-7-16(14)26-2/h4-10H,1-3H3. The van der Waals surface area contributed by atoms with E-state index in [0.717, 1.165) is 0 Å². The molecule has 1 heterocycles. The maximum absolute atomic E-state index is 12.3. The predicted octanol–water partition coefficient (Wildman–Crippen LogP) is 2.97. The number of hydrogen-bond donors (Lipinski definition) is 0. The first kappa shape index (κ1) is 18.9. The number of nitro benzene ring substituents is 1. The van der Waals surface area contributed by atoms with Crippen LogP contribution in [0.15, 0.2) is 47.1 Å². The molecule has 0 unspecified atom stereocenters. The number of aliphatic imine (C=N–C) groups is 1. The molecule has 0 N–H and O–H groups in total. The van der Waals surface area contributed by atoms with Crippen LogP contribution >= 0.6 is 0 Å². The van der Waals surface area contributed by atoms with Gasteiger partial charge in [0, 0.05) is 23.8 Å². The van der Waals surface area contributed by atoms with E-state index in [0.29, 0.717) is 22.8 Å². The van der Waals surface area contributed by atoms with Crippen molar-refractivity contribution in [2.45, 2.75) is 0 Å². The predicted molar refractivity (Wildman–Crippen MR) is 99.8 cm³/mol. The summed E-state index contributed by atoms with van der Waals surface area (Å²) in [6.45, 7) is 0. The number of methoxy groups -OCH3 is 3. The third-order valence-electron chi connectivity index (χ3n) is 3.98. The van der Waals surface area contributed by atoms with Crippen LogP contribution in [0.25, 0.3) is 6.08 Å². The number of benzene rings is 2. The summed E-state index contributed by atoms with van der Waals surface area (Å²) < 4.78 is 20.8. The Morgan fingerprint density at radius 2 is 1.79 bits per heavy atom. The molecule has 0 saturated carbocycles. The average molecular weight is 384 g/mol. The Kier molecular flexibility index (Phi) is 5.25. The summed E-state index contributed by atoms with van der Waals surface area (Å²) in [5, 5.41) is 11.0. The molecular weight excluding hydrogens is 368 g/mol. The number of ether oxygens (including phenoxy) is 4. The lowest BCUT2D eigenvalue weighted by Crippen LogP contribution is -2.07. The summed E-state index contributed by atoms with van der Waals surface area (Å²) in [5.74, 6) is 0.598. The van der Waals surface area contributed by atoms with Crippen molar-refractivity contribution in [3.63, 3.8) is 0 Å². The lowest BCUT2D eigenvalue weighted by molar-refractivity contribution is -0.384. The van der Waals surface area contributed by atoms with Crippen molar-refractivity contribution in [3.05, 3.63) is 63.3 Å². The van der Waals surface area contributed by atoms with Crippen molar-refractivity contribution < 1.29 is 28.7 Å². The quantitative estimate of drug-likeness (QED) is 0.326. The molecule has 1 aliphatic rings. The third kappa shape index (κ3) is 3.63. The largest absolute Gasteiger partial charge is 0.497 e. The van der Waals surface area contributed by atoms with Gasteiger partial charge in [0.2, 0.25) is 5.90 Å². The van der Waals surface area contributed by atoms with E-state index in [9.17, 15) is 14.9 Å². The highest BCUT2D eigenvalue weighted by molar-refractivity contribution is 6.14. The second kappa shape index (κ2) is 7.78. The van der Waals surface area contributed by atoms with Crippen molar-refractivity contribution in [3.8, 4) is 17.2 Å². The molecule has 1 aliphatic heterocycles. The van der Waals surface area contributed by atoms with Gasteiger partial charge in [-0.1, -0.05) is 0 Å². The fourth-order valence-electron chi connectivity index (χ4n) is 2.59. The Bertz CT molecular complexity index is 1010. The van der Waals surface area contributed by atoms with Gasteiger partial charge in [0.25, 0.3) is 5.69 Å². The van der Waals surface area contributed by atoms with E-state index >= 15 is 0 Å². The van der Waals surface area contributed by atoms with E-state index in [1.165, 1.54) is 45.6 Å². The Morgan fingerprint density at radius 1 is 1.04 bits per heavy atom. The maximum Gasteiger partial charge on any atom is 0.363 e.